The van der Waals surface area contributed by atoms with Gasteiger partial charge in [-0.3, -0.25) is 0 Å². The summed E-state index contributed by atoms with van der Waals surface area (Å²) in [6.07, 6.45) is 24.5. The van der Waals surface area contributed by atoms with Crippen molar-refractivity contribution in [2.45, 2.75) is 110 Å². The molecule has 0 spiro atoms. The molecule has 0 saturated heterocycles. The summed E-state index contributed by atoms with van der Waals surface area (Å²) in [6.45, 7) is 9.42. The van der Waals surface area contributed by atoms with E-state index in [2.05, 4.69) is 68.4 Å². The van der Waals surface area contributed by atoms with Gasteiger partial charge in [-0.15, -0.1) is 0 Å². The monoisotopic (exact) mass is 626 g/mol. The number of allylic oxidation sites excluding steroid dienone is 4. The first-order valence-electron chi connectivity index (χ1n) is 13.4. The maximum atomic E-state index is 2.80. The predicted octanol–water partition coefficient (Wildman–Crippen LogP) is 9.51. The van der Waals surface area contributed by atoms with E-state index in [9.17, 15) is 0 Å². The molecule has 2 rings (SSSR count). The van der Waals surface area contributed by atoms with Crippen LogP contribution in [0.5, 0.6) is 0 Å². The second kappa shape index (κ2) is 14.7. The molecule has 0 aromatic heterocycles. The summed E-state index contributed by atoms with van der Waals surface area (Å²) in [5.74, 6) is 1.41. The van der Waals surface area contributed by atoms with Crippen molar-refractivity contribution in [1.82, 2.24) is 0 Å². The van der Waals surface area contributed by atoms with Crippen molar-refractivity contribution in [1.29, 1.82) is 0 Å². The molecule has 0 unspecified atom stereocenters. The Hall–Kier alpha value is 0.557. The van der Waals surface area contributed by atoms with Crippen LogP contribution in [0.3, 0.4) is 0 Å². The topological polar surface area (TPSA) is 0 Å². The van der Waals surface area contributed by atoms with Gasteiger partial charge < -0.3 is 0 Å². The summed E-state index contributed by atoms with van der Waals surface area (Å²) >= 11 is -4.18. The molecule has 0 nitrogen and oxygen atoms in total. The van der Waals surface area contributed by atoms with Crippen LogP contribution in [0.2, 0.25) is 17.7 Å². The van der Waals surface area contributed by atoms with Gasteiger partial charge in [0, 0.05) is 0 Å². The molecule has 0 radical (unpaired) electrons. The first kappa shape index (κ1) is 26.8. The third kappa shape index (κ3) is 8.83. The summed E-state index contributed by atoms with van der Waals surface area (Å²) in [4.78, 5) is 0. The minimum atomic E-state index is -2.09. The summed E-state index contributed by atoms with van der Waals surface area (Å²) < 4.78 is 17.4. The van der Waals surface area contributed by atoms with E-state index < -0.39 is 36.8 Å². The van der Waals surface area contributed by atoms with E-state index in [1.165, 1.54) is 64.2 Å². The zero-order valence-corrected chi connectivity index (χ0v) is 26.4. The van der Waals surface area contributed by atoms with Crippen molar-refractivity contribution in [3.63, 3.8) is 0 Å². The molecule has 0 aromatic rings. The van der Waals surface area contributed by atoms with E-state index in [0.29, 0.717) is 11.8 Å². The second-order valence-electron chi connectivity index (χ2n) is 10.2. The van der Waals surface area contributed by atoms with Crippen molar-refractivity contribution >= 4 is 36.8 Å². The van der Waals surface area contributed by atoms with Crippen molar-refractivity contribution in [2.24, 2.45) is 11.8 Å². The number of unbranched alkanes of at least 4 members (excludes halogenated alkanes) is 4. The summed E-state index contributed by atoms with van der Waals surface area (Å²) in [5.41, 5.74) is 0. The number of hydrogen-bond donors (Lipinski definition) is 0. The number of rotatable bonds is 15. The minimum absolute atomic E-state index is 0.704. The zero-order valence-electron chi connectivity index (χ0n) is 20.7. The van der Waals surface area contributed by atoms with Crippen LogP contribution in [-0.2, 0) is 0 Å². The molecule has 0 saturated carbocycles. The third-order valence-corrected chi connectivity index (χ3v) is 32.0. The molecule has 0 atom stereocenters. The molecule has 0 N–H and O–H groups in total. The van der Waals surface area contributed by atoms with Crippen LogP contribution in [0.15, 0.2) is 40.7 Å². The molecule has 0 aliphatic carbocycles. The molecule has 170 valence electrons. The van der Waals surface area contributed by atoms with E-state index in [0.717, 1.165) is 0 Å². The first-order valence-corrected chi connectivity index (χ1v) is 28.0. The van der Waals surface area contributed by atoms with Crippen molar-refractivity contribution in [2.75, 3.05) is 0 Å². The van der Waals surface area contributed by atoms with Gasteiger partial charge in [-0.05, 0) is 0 Å². The Morgan fingerprint density at radius 2 is 0.733 bits per heavy atom. The Balaban J connectivity index is 1.86. The molecule has 0 aromatic carbocycles. The molecule has 2 aliphatic heterocycles. The van der Waals surface area contributed by atoms with Crippen molar-refractivity contribution < 1.29 is 0 Å². The normalized spacial score (nSPS) is 20.3. The fraction of sp³-hybridized carbons (Fsp3) is 0.714. The maximum absolute atomic E-state index is 2.80. The van der Waals surface area contributed by atoms with Crippen LogP contribution < -0.4 is 0 Å². The van der Waals surface area contributed by atoms with Crippen molar-refractivity contribution in [3.8, 4) is 0 Å². The fourth-order valence-electron chi connectivity index (χ4n) is 5.21. The fourth-order valence-corrected chi connectivity index (χ4v) is 29.8. The van der Waals surface area contributed by atoms with E-state index >= 15 is 0 Å². The van der Waals surface area contributed by atoms with E-state index in [1.54, 1.807) is 17.7 Å². The van der Waals surface area contributed by atoms with Gasteiger partial charge in [0.2, 0.25) is 0 Å². The van der Waals surface area contributed by atoms with Crippen LogP contribution in [-0.4, -0.2) is 36.8 Å². The quantitative estimate of drug-likeness (QED) is 0.159. The molecule has 2 heterocycles. The zero-order chi connectivity index (χ0) is 21.7. The Bertz CT molecular complexity index is 483. The molecule has 2 heteroatoms. The van der Waals surface area contributed by atoms with Crippen molar-refractivity contribution in [3.05, 3.63) is 40.7 Å². The average molecular weight is 624 g/mol. The van der Waals surface area contributed by atoms with Crippen LogP contribution >= 0.6 is 0 Å². The van der Waals surface area contributed by atoms with Crippen LogP contribution in [0.1, 0.15) is 91.9 Å². The third-order valence-electron chi connectivity index (χ3n) is 7.52. The molecular weight excluding hydrogens is 574 g/mol. The molecule has 0 amide bonds. The van der Waals surface area contributed by atoms with Gasteiger partial charge in [-0.25, -0.2) is 0 Å². The van der Waals surface area contributed by atoms with Crippen LogP contribution in [0.4, 0.5) is 0 Å². The summed E-state index contributed by atoms with van der Waals surface area (Å²) in [5, 5.41) is 0. The Labute approximate surface area is 197 Å². The van der Waals surface area contributed by atoms with E-state index in [4.69, 9.17) is 0 Å². The standard InChI is InChI=1S/C12H14.4C4H9.2Sn/c1-5-11(6-2)9-10-12(7-3)8-4;4*1-3-4-2;;/h1-8,11-12H,9-10H2;4*1,3-4H2,2H3;;. The van der Waals surface area contributed by atoms with Crippen LogP contribution in [0, 0.1) is 11.8 Å². The van der Waals surface area contributed by atoms with Gasteiger partial charge in [0.1, 0.15) is 0 Å². The van der Waals surface area contributed by atoms with Gasteiger partial charge in [-0.1, -0.05) is 0 Å². The van der Waals surface area contributed by atoms with Crippen LogP contribution in [0.25, 0.3) is 0 Å². The Kier molecular flexibility index (Phi) is 13.1. The van der Waals surface area contributed by atoms with Gasteiger partial charge >= 0.3 is 199 Å². The van der Waals surface area contributed by atoms with Gasteiger partial charge in [0.05, 0.1) is 0 Å². The first-order chi connectivity index (χ1) is 14.6. The Morgan fingerprint density at radius 3 is 0.967 bits per heavy atom. The van der Waals surface area contributed by atoms with E-state index in [1.807, 2.05) is 0 Å². The Morgan fingerprint density at radius 1 is 0.467 bits per heavy atom. The predicted molar refractivity (Wildman–Crippen MR) is 143 cm³/mol. The summed E-state index contributed by atoms with van der Waals surface area (Å²) in [6, 6.07) is 0. The second-order valence-corrected chi connectivity index (χ2v) is 33.8. The molecule has 0 fully saturated rings. The molecule has 30 heavy (non-hydrogen) atoms. The molecular formula is C28H50Sn2. The summed E-state index contributed by atoms with van der Waals surface area (Å²) in [7, 11) is 0. The van der Waals surface area contributed by atoms with Gasteiger partial charge in [-0.2, -0.15) is 0 Å². The van der Waals surface area contributed by atoms with Gasteiger partial charge in [0.15, 0.2) is 0 Å². The SMILES string of the molecule is CCC[CH2][Sn]1([CH2]CCC)[CH]=CC(CCC2C=[CH][Sn]([CH2]CCC)([CH2]CCC)[CH]=C2)C=[CH]1. The van der Waals surface area contributed by atoms with E-state index in [-0.39, 0.29) is 0 Å². The van der Waals surface area contributed by atoms with Gasteiger partial charge in [0.25, 0.3) is 0 Å². The number of hydrogen-bond acceptors (Lipinski definition) is 0. The molecule has 2 aliphatic rings. The molecule has 0 bridgehead atoms. The average Bonchev–Trinajstić information content (AvgIpc) is 2.79.